The van der Waals surface area contributed by atoms with Crippen molar-refractivity contribution in [2.24, 2.45) is 5.92 Å². The van der Waals surface area contributed by atoms with Gasteiger partial charge < -0.3 is 9.52 Å². The maximum Gasteiger partial charge on any atom is 0.139 e. The third kappa shape index (κ3) is 2.30. The van der Waals surface area contributed by atoms with Gasteiger partial charge in [-0.3, -0.25) is 0 Å². The maximum absolute atomic E-state index is 13.7. The Kier molecular flexibility index (Phi) is 2.94. The molecule has 1 aromatic heterocycles. The minimum absolute atomic E-state index is 0.268. The molecule has 3 rings (SSSR count). The molecular formula is C16H17FO2. The molecule has 0 aliphatic heterocycles. The molecule has 19 heavy (non-hydrogen) atoms. The summed E-state index contributed by atoms with van der Waals surface area (Å²) in [5, 5.41) is 10.2. The summed E-state index contributed by atoms with van der Waals surface area (Å²) in [6.07, 6.45) is 0.0877. The summed E-state index contributed by atoms with van der Waals surface area (Å²) < 4.78 is 19.4. The number of furan rings is 1. The van der Waals surface area contributed by atoms with Crippen LogP contribution in [-0.4, -0.2) is 5.11 Å². The Bertz CT molecular complexity index is 603. The Balaban J connectivity index is 1.88. The van der Waals surface area contributed by atoms with E-state index in [2.05, 4.69) is 6.92 Å². The maximum atomic E-state index is 13.7. The van der Waals surface area contributed by atoms with Gasteiger partial charge in [-0.25, -0.2) is 4.39 Å². The molecule has 1 N–H and O–H groups in total. The summed E-state index contributed by atoms with van der Waals surface area (Å²) in [5.74, 6) is 2.01. The van der Waals surface area contributed by atoms with Gasteiger partial charge in [-0.2, -0.15) is 0 Å². The first-order valence-electron chi connectivity index (χ1n) is 6.60. The van der Waals surface area contributed by atoms with Crippen molar-refractivity contribution < 1.29 is 13.9 Å². The van der Waals surface area contributed by atoms with E-state index in [1.807, 2.05) is 13.0 Å². The summed E-state index contributed by atoms with van der Waals surface area (Å²) in [7, 11) is 0. The Hall–Kier alpha value is -1.61. The highest BCUT2D eigenvalue weighted by Crippen LogP contribution is 2.47. The lowest BCUT2D eigenvalue weighted by Gasteiger charge is -2.10. The highest BCUT2D eigenvalue weighted by Gasteiger charge is 2.37. The number of halogens is 1. The van der Waals surface area contributed by atoms with Crippen LogP contribution in [0.5, 0.6) is 0 Å². The van der Waals surface area contributed by atoms with Crippen LogP contribution in [0.1, 0.15) is 48.0 Å². The first kappa shape index (κ1) is 12.4. The summed E-state index contributed by atoms with van der Waals surface area (Å²) in [6.45, 7) is 4.04. The van der Waals surface area contributed by atoms with Crippen LogP contribution < -0.4 is 0 Å². The van der Waals surface area contributed by atoms with E-state index in [0.717, 1.165) is 17.7 Å². The van der Waals surface area contributed by atoms with Crippen molar-refractivity contribution in [2.45, 2.75) is 32.3 Å². The van der Waals surface area contributed by atoms with Crippen LogP contribution in [0.15, 0.2) is 34.7 Å². The molecule has 1 aliphatic rings. The molecule has 1 saturated carbocycles. The zero-order valence-electron chi connectivity index (χ0n) is 11.1. The van der Waals surface area contributed by atoms with E-state index in [1.165, 1.54) is 6.07 Å². The Morgan fingerprint density at radius 1 is 1.32 bits per heavy atom. The normalized spacial score (nSPS) is 23.4. The molecule has 1 aromatic carbocycles. The zero-order chi connectivity index (χ0) is 13.6. The first-order valence-corrected chi connectivity index (χ1v) is 6.60. The Morgan fingerprint density at radius 3 is 2.74 bits per heavy atom. The van der Waals surface area contributed by atoms with Gasteiger partial charge >= 0.3 is 0 Å². The second-order valence-corrected chi connectivity index (χ2v) is 5.49. The van der Waals surface area contributed by atoms with E-state index in [0.29, 0.717) is 17.6 Å². The number of aliphatic hydroxyl groups is 1. The lowest BCUT2D eigenvalue weighted by atomic mass is 10.0. The van der Waals surface area contributed by atoms with Crippen molar-refractivity contribution in [2.75, 3.05) is 0 Å². The zero-order valence-corrected chi connectivity index (χ0v) is 11.1. The summed E-state index contributed by atoms with van der Waals surface area (Å²) in [6, 6.07) is 8.35. The average Bonchev–Trinajstić information content (AvgIpc) is 2.92. The molecular weight excluding hydrogens is 243 g/mol. The smallest absolute Gasteiger partial charge is 0.139 e. The predicted octanol–water partition coefficient (Wildman–Crippen LogP) is 3.93. The molecule has 0 radical (unpaired) electrons. The number of hydrogen-bond donors (Lipinski definition) is 1. The average molecular weight is 260 g/mol. The molecule has 2 aromatic rings. The van der Waals surface area contributed by atoms with Crippen LogP contribution in [0.3, 0.4) is 0 Å². The largest absolute Gasteiger partial charge is 0.463 e. The fraction of sp³-hybridized carbons (Fsp3) is 0.375. The SMILES string of the molecule is Cc1ccc(F)c(C(O)c2ccc(C3CC3C)o2)c1. The lowest BCUT2D eigenvalue weighted by molar-refractivity contribution is 0.182. The standard InChI is InChI=1S/C16H17FO2/c1-9-3-4-13(17)12(7-9)16(18)15-6-5-14(19-15)11-8-10(11)2/h3-7,10-11,16,18H,8H2,1-2H3. The van der Waals surface area contributed by atoms with Crippen molar-refractivity contribution >= 4 is 0 Å². The molecule has 0 bridgehead atoms. The minimum atomic E-state index is -1.04. The monoisotopic (exact) mass is 260 g/mol. The van der Waals surface area contributed by atoms with Crippen LogP contribution >= 0.6 is 0 Å². The third-order valence-corrected chi connectivity index (χ3v) is 3.84. The van der Waals surface area contributed by atoms with E-state index in [9.17, 15) is 9.50 Å². The molecule has 3 atom stereocenters. The third-order valence-electron chi connectivity index (χ3n) is 3.84. The Morgan fingerprint density at radius 2 is 2.05 bits per heavy atom. The molecule has 0 amide bonds. The van der Waals surface area contributed by atoms with Crippen LogP contribution in [0.4, 0.5) is 4.39 Å². The Labute approximate surface area is 111 Å². The molecule has 0 spiro atoms. The van der Waals surface area contributed by atoms with Gasteiger partial charge in [0, 0.05) is 11.5 Å². The molecule has 0 saturated heterocycles. The van der Waals surface area contributed by atoms with E-state index >= 15 is 0 Å². The molecule has 2 nitrogen and oxygen atoms in total. The molecule has 1 heterocycles. The molecule has 100 valence electrons. The van der Waals surface area contributed by atoms with Crippen molar-refractivity contribution in [3.8, 4) is 0 Å². The van der Waals surface area contributed by atoms with Gasteiger partial charge in [-0.1, -0.05) is 24.6 Å². The topological polar surface area (TPSA) is 33.4 Å². The molecule has 1 aliphatic carbocycles. The second kappa shape index (κ2) is 4.49. The number of aryl methyl sites for hydroxylation is 1. The van der Waals surface area contributed by atoms with Crippen molar-refractivity contribution in [1.82, 2.24) is 0 Å². The van der Waals surface area contributed by atoms with E-state index in [4.69, 9.17) is 4.42 Å². The van der Waals surface area contributed by atoms with E-state index < -0.39 is 11.9 Å². The summed E-state index contributed by atoms with van der Waals surface area (Å²) >= 11 is 0. The van der Waals surface area contributed by atoms with Crippen molar-refractivity contribution in [3.63, 3.8) is 0 Å². The van der Waals surface area contributed by atoms with E-state index in [1.54, 1.807) is 18.2 Å². The van der Waals surface area contributed by atoms with Gasteiger partial charge in [0.25, 0.3) is 0 Å². The fourth-order valence-electron chi connectivity index (χ4n) is 2.46. The quantitative estimate of drug-likeness (QED) is 0.907. The number of rotatable bonds is 3. The van der Waals surface area contributed by atoms with Gasteiger partial charge in [0.15, 0.2) is 0 Å². The summed E-state index contributed by atoms with van der Waals surface area (Å²) in [5.41, 5.74) is 1.18. The molecule has 3 heteroatoms. The van der Waals surface area contributed by atoms with Crippen LogP contribution in [0.25, 0.3) is 0 Å². The number of aliphatic hydroxyl groups excluding tert-OH is 1. The lowest BCUT2D eigenvalue weighted by Crippen LogP contribution is -2.01. The molecule has 1 fully saturated rings. The van der Waals surface area contributed by atoms with Crippen molar-refractivity contribution in [1.29, 1.82) is 0 Å². The van der Waals surface area contributed by atoms with Gasteiger partial charge in [0.2, 0.25) is 0 Å². The number of benzene rings is 1. The highest BCUT2D eigenvalue weighted by atomic mass is 19.1. The van der Waals surface area contributed by atoms with Gasteiger partial charge in [-0.05, 0) is 37.5 Å². The summed E-state index contributed by atoms with van der Waals surface area (Å²) in [4.78, 5) is 0. The van der Waals surface area contributed by atoms with Crippen LogP contribution in [-0.2, 0) is 0 Å². The highest BCUT2D eigenvalue weighted by molar-refractivity contribution is 5.31. The van der Waals surface area contributed by atoms with Gasteiger partial charge in [-0.15, -0.1) is 0 Å². The van der Waals surface area contributed by atoms with E-state index in [-0.39, 0.29) is 5.56 Å². The predicted molar refractivity (Wildman–Crippen MR) is 70.4 cm³/mol. The van der Waals surface area contributed by atoms with Gasteiger partial charge in [0.1, 0.15) is 23.4 Å². The van der Waals surface area contributed by atoms with Crippen molar-refractivity contribution in [3.05, 3.63) is 58.8 Å². The minimum Gasteiger partial charge on any atom is -0.463 e. The van der Waals surface area contributed by atoms with Gasteiger partial charge in [0.05, 0.1) is 0 Å². The molecule has 3 unspecified atom stereocenters. The first-order chi connectivity index (χ1) is 9.06. The van der Waals surface area contributed by atoms with Crippen LogP contribution in [0, 0.1) is 18.7 Å². The second-order valence-electron chi connectivity index (χ2n) is 5.49. The number of hydrogen-bond acceptors (Lipinski definition) is 2. The van der Waals surface area contributed by atoms with Crippen LogP contribution in [0.2, 0.25) is 0 Å². The fourth-order valence-corrected chi connectivity index (χ4v) is 2.46.